The maximum absolute atomic E-state index is 13.4. The summed E-state index contributed by atoms with van der Waals surface area (Å²) in [7, 11) is 0. The first-order valence-corrected chi connectivity index (χ1v) is 12.3. The summed E-state index contributed by atoms with van der Waals surface area (Å²) in [5.74, 6) is -1.12. The van der Waals surface area contributed by atoms with E-state index >= 15 is 0 Å². The van der Waals surface area contributed by atoms with E-state index in [0.717, 1.165) is 53.7 Å². The summed E-state index contributed by atoms with van der Waals surface area (Å²) in [5, 5.41) is 1.06. The van der Waals surface area contributed by atoms with E-state index in [-0.39, 0.29) is 15.1 Å². The predicted octanol–water partition coefficient (Wildman–Crippen LogP) is 4.92. The lowest BCUT2D eigenvalue weighted by Gasteiger charge is -2.17. The van der Waals surface area contributed by atoms with Crippen molar-refractivity contribution in [2.75, 3.05) is 11.4 Å². The Morgan fingerprint density at radius 1 is 0.939 bits per heavy atom. The highest BCUT2D eigenvalue weighted by Gasteiger charge is 2.42. The van der Waals surface area contributed by atoms with E-state index in [1.165, 1.54) is 6.42 Å². The number of thiocarbonyl (C=S) groups is 1. The topological polar surface area (TPSA) is 69.7 Å². The van der Waals surface area contributed by atoms with Crippen LogP contribution in [0.1, 0.15) is 54.9 Å². The lowest BCUT2D eigenvalue weighted by atomic mass is 10.1. The van der Waals surface area contributed by atoms with E-state index in [1.807, 2.05) is 24.3 Å². The van der Waals surface area contributed by atoms with Crippen molar-refractivity contribution in [3.63, 3.8) is 0 Å². The standard InChI is InChI=1S/C25H25N3O3S2/c1-2-3-4-5-11-16-27-19-15-10-9-14-18(19)20(23(27)30)21-24(31)28(25(32)33-21)26-22(29)17-12-7-6-8-13-17/h6-10,12-15H,2-5,11,16H2,1H3,(H,26,29)/b21-20-. The number of carbonyl (C=O) groups excluding carboxylic acids is 3. The molecule has 2 aromatic carbocycles. The number of rotatable bonds is 8. The van der Waals surface area contributed by atoms with E-state index in [2.05, 4.69) is 12.3 Å². The van der Waals surface area contributed by atoms with Gasteiger partial charge in [0, 0.05) is 17.7 Å². The number of anilines is 1. The van der Waals surface area contributed by atoms with Crippen LogP contribution < -0.4 is 10.3 Å². The van der Waals surface area contributed by atoms with Crippen LogP contribution in [0.25, 0.3) is 5.57 Å². The van der Waals surface area contributed by atoms with Crippen LogP contribution in [0.15, 0.2) is 59.5 Å². The number of hydrazine groups is 1. The van der Waals surface area contributed by atoms with Gasteiger partial charge in [0.1, 0.15) is 0 Å². The van der Waals surface area contributed by atoms with Gasteiger partial charge in [0.2, 0.25) is 0 Å². The Bertz CT molecular complexity index is 1130. The number of hydrogen-bond acceptors (Lipinski definition) is 5. The molecule has 0 spiro atoms. The maximum atomic E-state index is 13.4. The van der Waals surface area contributed by atoms with Gasteiger partial charge in [0.05, 0.1) is 16.2 Å². The molecule has 0 aromatic heterocycles. The van der Waals surface area contributed by atoms with Crippen LogP contribution in [0.2, 0.25) is 0 Å². The van der Waals surface area contributed by atoms with Gasteiger partial charge < -0.3 is 4.90 Å². The zero-order chi connectivity index (χ0) is 23.4. The number of fused-ring (bicyclic) bond motifs is 1. The minimum absolute atomic E-state index is 0.190. The molecule has 0 atom stereocenters. The zero-order valence-electron chi connectivity index (χ0n) is 18.4. The average Bonchev–Trinajstić information content (AvgIpc) is 3.26. The summed E-state index contributed by atoms with van der Waals surface area (Å²) in [6.07, 6.45) is 5.46. The lowest BCUT2D eigenvalue weighted by Crippen LogP contribution is -2.45. The fourth-order valence-corrected chi connectivity index (χ4v) is 5.22. The molecular formula is C25H25N3O3S2. The number of para-hydroxylation sites is 1. The van der Waals surface area contributed by atoms with Gasteiger partial charge in [-0.3, -0.25) is 19.8 Å². The summed E-state index contributed by atoms with van der Waals surface area (Å²) in [4.78, 5) is 41.2. The molecule has 1 saturated heterocycles. The number of unbranched alkanes of at least 4 members (excludes halogenated alkanes) is 4. The van der Waals surface area contributed by atoms with Gasteiger partial charge in [0.25, 0.3) is 17.7 Å². The second-order valence-corrected chi connectivity index (χ2v) is 9.55. The Labute approximate surface area is 203 Å². The number of thioether (sulfide) groups is 1. The molecule has 33 heavy (non-hydrogen) atoms. The fraction of sp³-hybridized carbons (Fsp3) is 0.280. The third-order valence-corrected chi connectivity index (χ3v) is 7.03. The first-order chi connectivity index (χ1) is 16.0. The number of amides is 3. The van der Waals surface area contributed by atoms with Crippen molar-refractivity contribution in [3.8, 4) is 0 Å². The van der Waals surface area contributed by atoms with Gasteiger partial charge in [-0.1, -0.05) is 80.8 Å². The highest BCUT2D eigenvalue weighted by atomic mass is 32.2. The van der Waals surface area contributed by atoms with Gasteiger partial charge >= 0.3 is 0 Å². The van der Waals surface area contributed by atoms with Crippen LogP contribution in [-0.2, 0) is 9.59 Å². The predicted molar refractivity (Wildman–Crippen MR) is 135 cm³/mol. The summed E-state index contributed by atoms with van der Waals surface area (Å²) < 4.78 is 0.190. The van der Waals surface area contributed by atoms with Crippen molar-refractivity contribution in [1.29, 1.82) is 0 Å². The summed E-state index contributed by atoms with van der Waals surface area (Å²) in [6.45, 7) is 2.78. The number of nitrogens with zero attached hydrogens (tertiary/aromatic N) is 2. The summed E-state index contributed by atoms with van der Waals surface area (Å²) in [6, 6.07) is 16.1. The monoisotopic (exact) mass is 479 g/mol. The fourth-order valence-electron chi connectivity index (χ4n) is 3.97. The van der Waals surface area contributed by atoms with Crippen LogP contribution >= 0.6 is 24.0 Å². The molecule has 2 aliphatic heterocycles. The van der Waals surface area contributed by atoms with Crippen LogP contribution in [0.4, 0.5) is 5.69 Å². The van der Waals surface area contributed by atoms with Gasteiger partial charge in [0.15, 0.2) is 4.32 Å². The Hall–Kier alpha value is -2.97. The minimum Gasteiger partial charge on any atom is -0.308 e. The van der Waals surface area contributed by atoms with Crippen molar-refractivity contribution < 1.29 is 14.4 Å². The van der Waals surface area contributed by atoms with Crippen LogP contribution in [0.3, 0.4) is 0 Å². The molecule has 170 valence electrons. The quantitative estimate of drug-likeness (QED) is 0.331. The first-order valence-electron chi connectivity index (χ1n) is 11.1. The molecule has 2 aliphatic rings. The molecule has 4 rings (SSSR count). The molecule has 3 amide bonds. The summed E-state index contributed by atoms with van der Waals surface area (Å²) in [5.41, 5.74) is 4.88. The Kier molecular flexibility index (Phi) is 7.25. The highest BCUT2D eigenvalue weighted by molar-refractivity contribution is 8.26. The zero-order valence-corrected chi connectivity index (χ0v) is 20.0. The molecule has 0 radical (unpaired) electrons. The third kappa shape index (κ3) is 4.72. The van der Waals surface area contributed by atoms with Crippen molar-refractivity contribution in [1.82, 2.24) is 10.4 Å². The molecule has 0 bridgehead atoms. The average molecular weight is 480 g/mol. The molecule has 0 unspecified atom stereocenters. The molecule has 2 heterocycles. The number of nitrogens with one attached hydrogen (secondary N) is 1. The molecule has 0 saturated carbocycles. The van der Waals surface area contributed by atoms with E-state index in [1.54, 1.807) is 35.2 Å². The molecule has 2 aromatic rings. The van der Waals surface area contributed by atoms with Gasteiger partial charge in [-0.05, 0) is 36.8 Å². The van der Waals surface area contributed by atoms with E-state index in [9.17, 15) is 14.4 Å². The first kappa shape index (κ1) is 23.2. The largest absolute Gasteiger partial charge is 0.308 e. The van der Waals surface area contributed by atoms with Gasteiger partial charge in [-0.15, -0.1) is 0 Å². The van der Waals surface area contributed by atoms with Crippen LogP contribution in [0.5, 0.6) is 0 Å². The minimum atomic E-state index is -0.489. The molecule has 0 aliphatic carbocycles. The molecule has 1 N–H and O–H groups in total. The molecular weight excluding hydrogens is 454 g/mol. The maximum Gasteiger partial charge on any atom is 0.286 e. The van der Waals surface area contributed by atoms with E-state index < -0.39 is 11.8 Å². The Balaban J connectivity index is 1.58. The number of hydrogen-bond donors (Lipinski definition) is 1. The summed E-state index contributed by atoms with van der Waals surface area (Å²) >= 11 is 6.42. The van der Waals surface area contributed by atoms with Gasteiger partial charge in [-0.2, -0.15) is 5.01 Å². The second kappa shape index (κ2) is 10.3. The SMILES string of the molecule is CCCCCCCN1C(=O)/C(=C2\SC(=S)N(NC(=O)c3ccccc3)C2=O)c2ccccc21. The van der Waals surface area contributed by atoms with Gasteiger partial charge in [-0.25, -0.2) is 0 Å². The second-order valence-electron chi connectivity index (χ2n) is 7.91. The van der Waals surface area contributed by atoms with Crippen molar-refractivity contribution in [2.45, 2.75) is 39.0 Å². The van der Waals surface area contributed by atoms with Crippen LogP contribution in [0, 0.1) is 0 Å². The third-order valence-electron chi connectivity index (χ3n) is 5.65. The van der Waals surface area contributed by atoms with Crippen molar-refractivity contribution in [3.05, 3.63) is 70.6 Å². The number of benzene rings is 2. The normalized spacial score (nSPS) is 17.7. The highest BCUT2D eigenvalue weighted by Crippen LogP contribution is 2.44. The van der Waals surface area contributed by atoms with E-state index in [0.29, 0.717) is 17.7 Å². The van der Waals surface area contributed by atoms with Crippen molar-refractivity contribution >= 4 is 57.3 Å². The van der Waals surface area contributed by atoms with E-state index in [4.69, 9.17) is 12.2 Å². The molecule has 8 heteroatoms. The smallest absolute Gasteiger partial charge is 0.286 e. The Morgan fingerprint density at radius 3 is 2.39 bits per heavy atom. The molecule has 1 fully saturated rings. The lowest BCUT2D eigenvalue weighted by molar-refractivity contribution is -0.124. The van der Waals surface area contributed by atoms with Crippen molar-refractivity contribution in [2.24, 2.45) is 0 Å². The Morgan fingerprint density at radius 2 is 1.64 bits per heavy atom. The number of carbonyl (C=O) groups is 3. The van der Waals surface area contributed by atoms with Crippen LogP contribution in [-0.4, -0.2) is 33.6 Å². The molecule has 6 nitrogen and oxygen atoms in total.